The Balaban J connectivity index is 3.54. The van der Waals surface area contributed by atoms with Crippen LogP contribution in [0.3, 0.4) is 0 Å². The molecule has 0 rings (SSSR count). The van der Waals surface area contributed by atoms with E-state index in [1.807, 2.05) is 21.0 Å². The predicted molar refractivity (Wildman–Crippen MR) is 64.2 cm³/mol. The van der Waals surface area contributed by atoms with Gasteiger partial charge in [0.05, 0.1) is 6.54 Å². The molecule has 0 spiro atoms. The van der Waals surface area contributed by atoms with E-state index in [4.69, 9.17) is 0 Å². The van der Waals surface area contributed by atoms with E-state index < -0.39 is 12.7 Å². The van der Waals surface area contributed by atoms with Crippen LogP contribution >= 0.6 is 0 Å². The molecular formula is C11H24F3N3. The average Bonchev–Trinajstić information content (AvgIpc) is 2.19. The number of hydrogen-bond donors (Lipinski definition) is 1. The van der Waals surface area contributed by atoms with Crippen molar-refractivity contribution in [1.29, 1.82) is 0 Å². The minimum atomic E-state index is -4.11. The Labute approximate surface area is 102 Å². The lowest BCUT2D eigenvalue weighted by Gasteiger charge is -2.21. The van der Waals surface area contributed by atoms with E-state index in [1.54, 1.807) is 0 Å². The molecule has 0 saturated heterocycles. The van der Waals surface area contributed by atoms with E-state index in [0.717, 1.165) is 26.1 Å². The van der Waals surface area contributed by atoms with Crippen molar-refractivity contribution < 1.29 is 13.2 Å². The van der Waals surface area contributed by atoms with Crippen LogP contribution in [0.5, 0.6) is 0 Å². The lowest BCUT2D eigenvalue weighted by atomic mass is 10.3. The number of halogens is 3. The third-order valence-corrected chi connectivity index (χ3v) is 2.46. The molecule has 104 valence electrons. The highest BCUT2D eigenvalue weighted by Gasteiger charge is 2.25. The molecule has 0 amide bonds. The molecule has 3 nitrogen and oxygen atoms in total. The average molecular weight is 255 g/mol. The Morgan fingerprint density at radius 3 is 2.18 bits per heavy atom. The van der Waals surface area contributed by atoms with Gasteiger partial charge in [-0.25, -0.2) is 0 Å². The van der Waals surface area contributed by atoms with Gasteiger partial charge in [0.15, 0.2) is 0 Å². The van der Waals surface area contributed by atoms with E-state index >= 15 is 0 Å². The minimum absolute atomic E-state index is 0.384. The van der Waals surface area contributed by atoms with Crippen molar-refractivity contribution in [2.45, 2.75) is 19.5 Å². The van der Waals surface area contributed by atoms with Gasteiger partial charge in [-0.2, -0.15) is 13.2 Å². The molecule has 0 bridgehead atoms. The number of nitrogens with one attached hydrogen (secondary N) is 1. The van der Waals surface area contributed by atoms with Crippen LogP contribution in [0.2, 0.25) is 0 Å². The molecule has 0 atom stereocenters. The number of nitrogens with zero attached hydrogens (tertiary/aromatic N) is 2. The lowest BCUT2D eigenvalue weighted by molar-refractivity contribution is -0.124. The van der Waals surface area contributed by atoms with Crippen LogP contribution in [0.1, 0.15) is 13.3 Å². The zero-order valence-electron chi connectivity index (χ0n) is 11.0. The summed E-state index contributed by atoms with van der Waals surface area (Å²) in [5.74, 6) is 0. The molecule has 0 aliphatic carbocycles. The van der Waals surface area contributed by atoms with Crippen LogP contribution in [0.4, 0.5) is 13.2 Å². The number of rotatable bonds is 9. The second kappa shape index (κ2) is 8.72. The molecule has 0 saturated carbocycles. The van der Waals surface area contributed by atoms with Gasteiger partial charge >= 0.3 is 6.18 Å². The molecule has 0 aromatic rings. The summed E-state index contributed by atoms with van der Waals surface area (Å²) in [6, 6.07) is 0. The fraction of sp³-hybridized carbons (Fsp3) is 1.00. The largest absolute Gasteiger partial charge is 0.401 e. The maximum absolute atomic E-state index is 11.9. The third-order valence-electron chi connectivity index (χ3n) is 2.46. The molecule has 0 radical (unpaired) electrons. The van der Waals surface area contributed by atoms with Crippen molar-refractivity contribution >= 4 is 0 Å². The van der Waals surface area contributed by atoms with Crippen molar-refractivity contribution in [2.24, 2.45) is 0 Å². The summed E-state index contributed by atoms with van der Waals surface area (Å²) >= 11 is 0. The standard InChI is InChI=1S/C11H24F3N3/c1-4-17(8-5-7-16(2)3)9-6-15-10-11(12,13)14/h15H,4-10H2,1-3H3. The Morgan fingerprint density at radius 2 is 1.71 bits per heavy atom. The summed E-state index contributed by atoms with van der Waals surface area (Å²) in [4.78, 5) is 4.27. The molecule has 1 N–H and O–H groups in total. The molecule has 0 aliphatic rings. The van der Waals surface area contributed by atoms with Crippen molar-refractivity contribution in [2.75, 3.05) is 53.4 Å². The number of hydrogen-bond acceptors (Lipinski definition) is 3. The van der Waals surface area contributed by atoms with Gasteiger partial charge in [0, 0.05) is 13.1 Å². The Morgan fingerprint density at radius 1 is 1.06 bits per heavy atom. The Bertz CT molecular complexity index is 183. The number of likely N-dealkylation sites (N-methyl/N-ethyl adjacent to an activating group) is 1. The van der Waals surface area contributed by atoms with Crippen LogP contribution < -0.4 is 5.32 Å². The van der Waals surface area contributed by atoms with Crippen LogP contribution in [0, 0.1) is 0 Å². The van der Waals surface area contributed by atoms with E-state index in [1.165, 1.54) is 0 Å². The molecule has 0 fully saturated rings. The normalized spacial score (nSPS) is 12.7. The van der Waals surface area contributed by atoms with Gasteiger partial charge in [-0.3, -0.25) is 0 Å². The SMILES string of the molecule is CCN(CCCN(C)C)CCNCC(F)(F)F. The molecular weight excluding hydrogens is 231 g/mol. The van der Waals surface area contributed by atoms with Gasteiger partial charge in [-0.1, -0.05) is 6.92 Å². The summed E-state index contributed by atoms with van der Waals surface area (Å²) < 4.78 is 35.6. The first-order valence-electron chi connectivity index (χ1n) is 5.99. The summed E-state index contributed by atoms with van der Waals surface area (Å²) in [6.07, 6.45) is -3.07. The highest BCUT2D eigenvalue weighted by Crippen LogP contribution is 2.11. The highest BCUT2D eigenvalue weighted by atomic mass is 19.4. The van der Waals surface area contributed by atoms with Crippen LogP contribution in [-0.2, 0) is 0 Å². The van der Waals surface area contributed by atoms with Crippen LogP contribution in [0.15, 0.2) is 0 Å². The van der Waals surface area contributed by atoms with Gasteiger partial charge in [0.1, 0.15) is 0 Å². The Hall–Kier alpha value is -0.330. The van der Waals surface area contributed by atoms with Gasteiger partial charge in [-0.15, -0.1) is 0 Å². The molecule has 0 unspecified atom stereocenters. The van der Waals surface area contributed by atoms with Crippen LogP contribution in [-0.4, -0.2) is 69.3 Å². The summed E-state index contributed by atoms with van der Waals surface area (Å²) in [5.41, 5.74) is 0. The van der Waals surface area contributed by atoms with E-state index in [2.05, 4.69) is 15.1 Å². The van der Waals surface area contributed by atoms with Gasteiger partial charge in [0.2, 0.25) is 0 Å². The van der Waals surface area contributed by atoms with Gasteiger partial charge in [0.25, 0.3) is 0 Å². The fourth-order valence-electron chi connectivity index (χ4n) is 1.51. The van der Waals surface area contributed by atoms with Crippen molar-refractivity contribution in [3.8, 4) is 0 Å². The Kier molecular flexibility index (Phi) is 8.55. The maximum Gasteiger partial charge on any atom is 0.401 e. The van der Waals surface area contributed by atoms with E-state index in [-0.39, 0.29) is 0 Å². The highest BCUT2D eigenvalue weighted by molar-refractivity contribution is 4.61. The van der Waals surface area contributed by atoms with Crippen molar-refractivity contribution in [1.82, 2.24) is 15.1 Å². The third kappa shape index (κ3) is 11.9. The molecule has 0 heterocycles. The topological polar surface area (TPSA) is 18.5 Å². The summed E-state index contributed by atoms with van der Waals surface area (Å²) in [7, 11) is 4.03. The van der Waals surface area contributed by atoms with E-state index in [0.29, 0.717) is 13.1 Å². The zero-order chi connectivity index (χ0) is 13.3. The fourth-order valence-corrected chi connectivity index (χ4v) is 1.51. The quantitative estimate of drug-likeness (QED) is 0.629. The maximum atomic E-state index is 11.9. The zero-order valence-corrected chi connectivity index (χ0v) is 11.0. The van der Waals surface area contributed by atoms with Gasteiger partial charge < -0.3 is 15.1 Å². The predicted octanol–water partition coefficient (Wildman–Crippen LogP) is 1.41. The molecule has 0 aliphatic heterocycles. The minimum Gasteiger partial charge on any atom is -0.309 e. The first-order chi connectivity index (χ1) is 7.85. The lowest BCUT2D eigenvalue weighted by Crippen LogP contribution is -2.37. The molecule has 0 aromatic carbocycles. The first kappa shape index (κ1) is 16.7. The second-order valence-corrected chi connectivity index (χ2v) is 4.38. The number of alkyl halides is 3. The summed E-state index contributed by atoms with van der Waals surface area (Å²) in [5, 5.41) is 2.41. The van der Waals surface area contributed by atoms with Gasteiger partial charge in [-0.05, 0) is 40.2 Å². The molecule has 6 heteroatoms. The van der Waals surface area contributed by atoms with E-state index in [9.17, 15) is 13.2 Å². The van der Waals surface area contributed by atoms with Crippen LogP contribution in [0.25, 0.3) is 0 Å². The van der Waals surface area contributed by atoms with Crippen molar-refractivity contribution in [3.05, 3.63) is 0 Å². The van der Waals surface area contributed by atoms with Crippen molar-refractivity contribution in [3.63, 3.8) is 0 Å². The molecule has 0 aromatic heterocycles. The second-order valence-electron chi connectivity index (χ2n) is 4.38. The monoisotopic (exact) mass is 255 g/mol. The molecule has 17 heavy (non-hydrogen) atoms. The smallest absolute Gasteiger partial charge is 0.309 e. The first-order valence-corrected chi connectivity index (χ1v) is 5.99. The summed E-state index contributed by atoms with van der Waals surface area (Å²) in [6.45, 7) is 4.99.